The Hall–Kier alpha value is -3.26. The molecule has 2 rings (SSSR count). The van der Waals surface area contributed by atoms with Gasteiger partial charge in [0.15, 0.2) is 0 Å². The molecule has 0 bridgehead atoms. The van der Waals surface area contributed by atoms with Crippen LogP contribution in [0.25, 0.3) is 0 Å². The zero-order valence-electron chi connectivity index (χ0n) is 13.1. The van der Waals surface area contributed by atoms with Crippen molar-refractivity contribution in [3.63, 3.8) is 0 Å². The second kappa shape index (κ2) is 9.01. The fourth-order valence-corrected chi connectivity index (χ4v) is 1.96. The van der Waals surface area contributed by atoms with Crippen molar-refractivity contribution < 1.29 is 14.3 Å². The fraction of sp³-hybridized carbons (Fsp3) is 0.158. The van der Waals surface area contributed by atoms with Crippen molar-refractivity contribution in [2.45, 2.75) is 13.2 Å². The molecule has 0 saturated carbocycles. The molecule has 24 heavy (non-hydrogen) atoms. The predicted molar refractivity (Wildman–Crippen MR) is 91.1 cm³/mol. The quantitative estimate of drug-likeness (QED) is 0.803. The van der Waals surface area contributed by atoms with Crippen molar-refractivity contribution in [2.75, 3.05) is 6.54 Å². The summed E-state index contributed by atoms with van der Waals surface area (Å²) in [5, 5.41) is 5.25. The smallest absolute Gasteiger partial charge is 0.407 e. The van der Waals surface area contributed by atoms with Crippen LogP contribution >= 0.6 is 0 Å². The van der Waals surface area contributed by atoms with Gasteiger partial charge >= 0.3 is 6.09 Å². The van der Waals surface area contributed by atoms with Crippen molar-refractivity contribution in [1.82, 2.24) is 10.6 Å². The van der Waals surface area contributed by atoms with E-state index in [-0.39, 0.29) is 19.1 Å². The van der Waals surface area contributed by atoms with E-state index in [1.54, 1.807) is 24.3 Å². The first-order chi connectivity index (χ1) is 11.7. The average molecular weight is 322 g/mol. The Bertz CT molecular complexity index is 719. The zero-order valence-corrected chi connectivity index (χ0v) is 13.1. The van der Waals surface area contributed by atoms with E-state index in [1.165, 1.54) is 0 Å². The van der Waals surface area contributed by atoms with Crippen LogP contribution in [-0.4, -0.2) is 18.5 Å². The number of rotatable bonds is 6. The molecule has 0 aliphatic carbocycles. The highest BCUT2D eigenvalue weighted by molar-refractivity contribution is 5.94. The lowest BCUT2D eigenvalue weighted by Gasteiger charge is -2.08. The molecule has 0 aromatic heterocycles. The van der Waals surface area contributed by atoms with E-state index < -0.39 is 6.09 Å². The van der Waals surface area contributed by atoms with Gasteiger partial charge in [-0.05, 0) is 23.3 Å². The van der Waals surface area contributed by atoms with Crippen LogP contribution in [0.2, 0.25) is 0 Å². The molecule has 5 heteroatoms. The van der Waals surface area contributed by atoms with Crippen LogP contribution < -0.4 is 10.6 Å². The number of amides is 2. The minimum absolute atomic E-state index is 0.190. The number of carbonyl (C=O) groups excluding carboxylic acids is 2. The van der Waals surface area contributed by atoms with E-state index in [4.69, 9.17) is 11.2 Å². The summed E-state index contributed by atoms with van der Waals surface area (Å²) in [4.78, 5) is 23.4. The first kappa shape index (κ1) is 17.1. The summed E-state index contributed by atoms with van der Waals surface area (Å²) in [6.07, 6.45) is 4.60. The van der Waals surface area contributed by atoms with Crippen LogP contribution in [0.15, 0.2) is 54.6 Å². The van der Waals surface area contributed by atoms with Crippen molar-refractivity contribution in [3.8, 4) is 12.3 Å². The molecule has 0 fully saturated rings. The number of benzene rings is 2. The number of hydrogen-bond donors (Lipinski definition) is 2. The van der Waals surface area contributed by atoms with Crippen LogP contribution in [0, 0.1) is 12.3 Å². The highest BCUT2D eigenvalue weighted by Gasteiger charge is 2.05. The summed E-state index contributed by atoms with van der Waals surface area (Å²) in [6, 6.07) is 16.3. The lowest BCUT2D eigenvalue weighted by molar-refractivity contribution is 0.0958. The maximum Gasteiger partial charge on any atom is 0.407 e. The molecule has 5 nitrogen and oxygen atoms in total. The zero-order chi connectivity index (χ0) is 17.2. The Morgan fingerprint density at radius 3 is 2.33 bits per heavy atom. The van der Waals surface area contributed by atoms with Gasteiger partial charge in [0.25, 0.3) is 5.91 Å². The molecule has 2 N–H and O–H groups in total. The average Bonchev–Trinajstić information content (AvgIpc) is 2.64. The Morgan fingerprint density at radius 2 is 1.67 bits per heavy atom. The lowest BCUT2D eigenvalue weighted by Crippen LogP contribution is -2.24. The van der Waals surface area contributed by atoms with Gasteiger partial charge in [-0.2, -0.15) is 0 Å². The molecule has 0 spiro atoms. The molecule has 0 radical (unpaired) electrons. The first-order valence-corrected chi connectivity index (χ1v) is 7.44. The number of carbonyl (C=O) groups is 2. The molecule has 122 valence electrons. The van der Waals surface area contributed by atoms with E-state index in [0.29, 0.717) is 12.1 Å². The summed E-state index contributed by atoms with van der Waals surface area (Å²) in [6.45, 7) is 0.732. The third-order valence-corrected chi connectivity index (χ3v) is 3.22. The number of hydrogen-bond acceptors (Lipinski definition) is 3. The second-order valence-electron chi connectivity index (χ2n) is 5.00. The maximum absolute atomic E-state index is 11.7. The van der Waals surface area contributed by atoms with E-state index in [2.05, 4.69) is 16.6 Å². The highest BCUT2D eigenvalue weighted by atomic mass is 16.5. The number of alkyl carbamates (subject to hydrolysis) is 1. The SMILES string of the molecule is C#CCNC(=O)c1ccc(CNC(=O)OCc2ccccc2)cc1. The molecular weight excluding hydrogens is 304 g/mol. The van der Waals surface area contributed by atoms with E-state index in [0.717, 1.165) is 11.1 Å². The van der Waals surface area contributed by atoms with E-state index >= 15 is 0 Å². The minimum atomic E-state index is -0.491. The van der Waals surface area contributed by atoms with Crippen LogP contribution in [0.1, 0.15) is 21.5 Å². The molecular formula is C19H18N2O3. The fourth-order valence-electron chi connectivity index (χ4n) is 1.96. The Labute approximate surface area is 141 Å². The van der Waals surface area contributed by atoms with Gasteiger partial charge in [-0.25, -0.2) is 4.79 Å². The first-order valence-electron chi connectivity index (χ1n) is 7.44. The maximum atomic E-state index is 11.7. The van der Waals surface area contributed by atoms with Crippen molar-refractivity contribution in [2.24, 2.45) is 0 Å². The normalized spacial score (nSPS) is 9.62. The summed E-state index contributed by atoms with van der Waals surface area (Å²) in [5.41, 5.74) is 2.30. The minimum Gasteiger partial charge on any atom is -0.445 e. The van der Waals surface area contributed by atoms with Crippen molar-refractivity contribution in [3.05, 3.63) is 71.3 Å². The molecule has 2 amide bonds. The molecule has 0 aliphatic heterocycles. The van der Waals surface area contributed by atoms with Gasteiger partial charge in [-0.3, -0.25) is 4.79 Å². The second-order valence-corrected chi connectivity index (χ2v) is 5.00. The molecule has 0 aliphatic rings. The molecule has 0 saturated heterocycles. The number of terminal acetylenes is 1. The molecule has 2 aromatic carbocycles. The van der Waals surface area contributed by atoms with Crippen molar-refractivity contribution in [1.29, 1.82) is 0 Å². The monoisotopic (exact) mass is 322 g/mol. The topological polar surface area (TPSA) is 67.4 Å². The number of ether oxygens (including phenoxy) is 1. The van der Waals surface area contributed by atoms with Gasteiger partial charge < -0.3 is 15.4 Å². The summed E-state index contributed by atoms with van der Waals surface area (Å²) < 4.78 is 5.12. The third kappa shape index (κ3) is 5.50. The summed E-state index contributed by atoms with van der Waals surface area (Å²) in [7, 11) is 0. The molecule has 0 heterocycles. The van der Waals surface area contributed by atoms with Crippen LogP contribution in [0.3, 0.4) is 0 Å². The van der Waals surface area contributed by atoms with E-state index in [9.17, 15) is 9.59 Å². The summed E-state index contributed by atoms with van der Waals surface area (Å²) >= 11 is 0. The Kier molecular flexibility index (Phi) is 6.42. The van der Waals surface area contributed by atoms with Gasteiger partial charge in [0.2, 0.25) is 0 Å². The van der Waals surface area contributed by atoms with Crippen LogP contribution in [-0.2, 0) is 17.9 Å². The third-order valence-electron chi connectivity index (χ3n) is 3.22. The molecule has 0 unspecified atom stereocenters. The van der Waals surface area contributed by atoms with Crippen LogP contribution in [0.5, 0.6) is 0 Å². The Balaban J connectivity index is 1.76. The summed E-state index contributed by atoms with van der Waals surface area (Å²) in [5.74, 6) is 2.12. The largest absolute Gasteiger partial charge is 0.445 e. The number of nitrogens with one attached hydrogen (secondary N) is 2. The van der Waals surface area contributed by atoms with Crippen LogP contribution in [0.4, 0.5) is 4.79 Å². The van der Waals surface area contributed by atoms with Gasteiger partial charge in [0, 0.05) is 12.1 Å². The molecule has 0 atom stereocenters. The van der Waals surface area contributed by atoms with Gasteiger partial charge in [-0.15, -0.1) is 6.42 Å². The van der Waals surface area contributed by atoms with Gasteiger partial charge in [-0.1, -0.05) is 48.4 Å². The van der Waals surface area contributed by atoms with E-state index in [1.807, 2.05) is 30.3 Å². The van der Waals surface area contributed by atoms with Gasteiger partial charge in [0.1, 0.15) is 6.61 Å². The molecule has 2 aromatic rings. The lowest BCUT2D eigenvalue weighted by atomic mass is 10.1. The van der Waals surface area contributed by atoms with Gasteiger partial charge in [0.05, 0.1) is 6.54 Å². The van der Waals surface area contributed by atoms with Crippen molar-refractivity contribution >= 4 is 12.0 Å². The predicted octanol–water partition coefficient (Wildman–Crippen LogP) is 2.48. The Morgan fingerprint density at radius 1 is 0.958 bits per heavy atom. The highest BCUT2D eigenvalue weighted by Crippen LogP contribution is 2.05. The standard InChI is InChI=1S/C19H18N2O3/c1-2-12-20-18(22)17-10-8-15(9-11-17)13-21-19(23)24-14-16-6-4-3-5-7-16/h1,3-11H,12-14H2,(H,20,22)(H,21,23).